The molecular formula is C15H18Cl2N2O2. The van der Waals surface area contributed by atoms with Crippen molar-refractivity contribution in [1.82, 2.24) is 10.2 Å². The van der Waals surface area contributed by atoms with Crippen LogP contribution < -0.4 is 10.1 Å². The first-order valence-electron chi connectivity index (χ1n) is 7.24. The molecule has 0 aliphatic carbocycles. The molecule has 4 nitrogen and oxygen atoms in total. The Morgan fingerprint density at radius 3 is 2.86 bits per heavy atom. The lowest BCUT2D eigenvalue weighted by atomic mass is 10.1. The number of amides is 1. The van der Waals surface area contributed by atoms with E-state index in [0.717, 1.165) is 32.5 Å². The molecule has 0 saturated carbocycles. The highest BCUT2D eigenvalue weighted by molar-refractivity contribution is 6.42. The normalized spacial score (nSPS) is 25.3. The SMILES string of the molecule is O=C(C1CCNC1)N1CCC(Oc2ccc(Cl)c(Cl)c2)C1. The van der Waals surface area contributed by atoms with Gasteiger partial charge in [0.1, 0.15) is 11.9 Å². The maximum atomic E-state index is 12.3. The van der Waals surface area contributed by atoms with Gasteiger partial charge in [-0.05, 0) is 25.1 Å². The van der Waals surface area contributed by atoms with Gasteiger partial charge in [-0.3, -0.25) is 4.79 Å². The van der Waals surface area contributed by atoms with Gasteiger partial charge < -0.3 is 15.0 Å². The lowest BCUT2D eigenvalue weighted by Crippen LogP contribution is -2.36. The number of hydrogen-bond acceptors (Lipinski definition) is 3. The third-order valence-corrected chi connectivity index (χ3v) is 4.80. The summed E-state index contributed by atoms with van der Waals surface area (Å²) in [5.41, 5.74) is 0. The summed E-state index contributed by atoms with van der Waals surface area (Å²) in [5, 5.41) is 4.23. The second kappa shape index (κ2) is 6.42. The minimum Gasteiger partial charge on any atom is -0.488 e. The summed E-state index contributed by atoms with van der Waals surface area (Å²) in [6.45, 7) is 3.15. The van der Waals surface area contributed by atoms with Gasteiger partial charge >= 0.3 is 0 Å². The molecule has 2 atom stereocenters. The molecule has 1 N–H and O–H groups in total. The molecule has 2 heterocycles. The van der Waals surface area contributed by atoms with E-state index in [9.17, 15) is 4.79 Å². The van der Waals surface area contributed by atoms with Crippen LogP contribution in [0.1, 0.15) is 12.8 Å². The molecule has 0 spiro atoms. The van der Waals surface area contributed by atoms with Crippen molar-refractivity contribution < 1.29 is 9.53 Å². The molecule has 2 fully saturated rings. The summed E-state index contributed by atoms with van der Waals surface area (Å²) < 4.78 is 5.90. The Labute approximate surface area is 134 Å². The number of rotatable bonds is 3. The van der Waals surface area contributed by atoms with Gasteiger partial charge in [-0.1, -0.05) is 23.2 Å². The zero-order valence-electron chi connectivity index (χ0n) is 11.6. The third-order valence-electron chi connectivity index (χ3n) is 4.06. The third kappa shape index (κ3) is 3.44. The first kappa shape index (κ1) is 14.9. The van der Waals surface area contributed by atoms with Crippen LogP contribution in [-0.4, -0.2) is 43.1 Å². The molecule has 0 radical (unpaired) electrons. The fourth-order valence-electron chi connectivity index (χ4n) is 2.89. The molecule has 2 aliphatic rings. The fraction of sp³-hybridized carbons (Fsp3) is 0.533. The van der Waals surface area contributed by atoms with E-state index < -0.39 is 0 Å². The first-order valence-corrected chi connectivity index (χ1v) is 8.00. The van der Waals surface area contributed by atoms with Crippen molar-refractivity contribution in [1.29, 1.82) is 0 Å². The summed E-state index contributed by atoms with van der Waals surface area (Å²) in [5.74, 6) is 1.08. The van der Waals surface area contributed by atoms with Crippen molar-refractivity contribution in [3.63, 3.8) is 0 Å². The maximum Gasteiger partial charge on any atom is 0.227 e. The maximum absolute atomic E-state index is 12.3. The molecular weight excluding hydrogens is 311 g/mol. The Bertz CT molecular complexity index is 532. The molecule has 21 heavy (non-hydrogen) atoms. The molecule has 0 aromatic heterocycles. The van der Waals surface area contributed by atoms with E-state index in [2.05, 4.69) is 5.32 Å². The zero-order chi connectivity index (χ0) is 14.8. The number of nitrogens with zero attached hydrogens (tertiary/aromatic N) is 1. The Kier molecular flexibility index (Phi) is 4.57. The van der Waals surface area contributed by atoms with Crippen LogP contribution >= 0.6 is 23.2 Å². The summed E-state index contributed by atoms with van der Waals surface area (Å²) >= 11 is 11.9. The van der Waals surface area contributed by atoms with Crippen LogP contribution in [0.25, 0.3) is 0 Å². The van der Waals surface area contributed by atoms with Crippen molar-refractivity contribution in [2.75, 3.05) is 26.2 Å². The molecule has 1 aromatic rings. The number of carbonyl (C=O) groups is 1. The van der Waals surface area contributed by atoms with Crippen LogP contribution in [-0.2, 0) is 4.79 Å². The van der Waals surface area contributed by atoms with Crippen LogP contribution in [0, 0.1) is 5.92 Å². The van der Waals surface area contributed by atoms with Gasteiger partial charge in [-0.25, -0.2) is 0 Å². The summed E-state index contributed by atoms with van der Waals surface area (Å²) in [6.07, 6.45) is 1.82. The van der Waals surface area contributed by atoms with E-state index in [4.69, 9.17) is 27.9 Å². The van der Waals surface area contributed by atoms with Gasteiger partial charge in [0.25, 0.3) is 0 Å². The van der Waals surface area contributed by atoms with E-state index in [1.807, 2.05) is 4.90 Å². The average molecular weight is 329 g/mol. The minimum absolute atomic E-state index is 0.0283. The van der Waals surface area contributed by atoms with Crippen LogP contribution in [0.5, 0.6) is 5.75 Å². The number of carbonyl (C=O) groups excluding carboxylic acids is 1. The lowest BCUT2D eigenvalue weighted by Gasteiger charge is -2.20. The number of nitrogens with one attached hydrogen (secondary N) is 1. The monoisotopic (exact) mass is 328 g/mol. The minimum atomic E-state index is 0.0283. The predicted molar refractivity (Wildman–Crippen MR) is 83.1 cm³/mol. The average Bonchev–Trinajstić information content (AvgIpc) is 3.13. The van der Waals surface area contributed by atoms with Gasteiger partial charge in [0, 0.05) is 25.6 Å². The highest BCUT2D eigenvalue weighted by Gasteiger charge is 2.33. The molecule has 2 aliphatic heterocycles. The number of benzene rings is 1. The van der Waals surface area contributed by atoms with Crippen molar-refractivity contribution in [3.8, 4) is 5.75 Å². The Morgan fingerprint density at radius 1 is 1.29 bits per heavy atom. The van der Waals surface area contributed by atoms with Crippen molar-refractivity contribution in [2.45, 2.75) is 18.9 Å². The standard InChI is InChI=1S/C15H18Cl2N2O2/c16-13-2-1-11(7-14(13)17)21-12-4-6-19(9-12)15(20)10-3-5-18-8-10/h1-2,7,10,12,18H,3-6,8-9H2. The van der Waals surface area contributed by atoms with Gasteiger partial charge in [0.15, 0.2) is 0 Å². The van der Waals surface area contributed by atoms with Gasteiger partial charge in [-0.2, -0.15) is 0 Å². The van der Waals surface area contributed by atoms with E-state index in [0.29, 0.717) is 22.3 Å². The molecule has 114 valence electrons. The molecule has 3 rings (SSSR count). The second-order valence-electron chi connectivity index (χ2n) is 5.58. The van der Waals surface area contributed by atoms with Gasteiger partial charge in [-0.15, -0.1) is 0 Å². The summed E-state index contributed by atoms with van der Waals surface area (Å²) in [7, 11) is 0. The number of likely N-dealkylation sites (tertiary alicyclic amines) is 1. The smallest absolute Gasteiger partial charge is 0.227 e. The van der Waals surface area contributed by atoms with Crippen LogP contribution in [0.3, 0.4) is 0 Å². The highest BCUT2D eigenvalue weighted by Crippen LogP contribution is 2.28. The van der Waals surface area contributed by atoms with E-state index in [-0.39, 0.29) is 17.9 Å². The number of halogens is 2. The molecule has 0 bridgehead atoms. The molecule has 1 aromatic carbocycles. The van der Waals surface area contributed by atoms with E-state index in [1.54, 1.807) is 18.2 Å². The lowest BCUT2D eigenvalue weighted by molar-refractivity contribution is -0.134. The van der Waals surface area contributed by atoms with Crippen LogP contribution in [0.2, 0.25) is 10.0 Å². The second-order valence-corrected chi connectivity index (χ2v) is 6.39. The zero-order valence-corrected chi connectivity index (χ0v) is 13.2. The fourth-order valence-corrected chi connectivity index (χ4v) is 3.18. The van der Waals surface area contributed by atoms with Crippen molar-refractivity contribution >= 4 is 29.1 Å². The molecule has 1 amide bonds. The Balaban J connectivity index is 1.56. The quantitative estimate of drug-likeness (QED) is 0.927. The summed E-state index contributed by atoms with van der Waals surface area (Å²) in [4.78, 5) is 14.3. The van der Waals surface area contributed by atoms with E-state index in [1.165, 1.54) is 0 Å². The predicted octanol–water partition coefficient (Wildman–Crippen LogP) is 2.58. The molecule has 2 unspecified atom stereocenters. The van der Waals surface area contributed by atoms with Crippen LogP contribution in [0.15, 0.2) is 18.2 Å². The van der Waals surface area contributed by atoms with Gasteiger partial charge in [0.05, 0.1) is 22.5 Å². The van der Waals surface area contributed by atoms with Gasteiger partial charge in [0.2, 0.25) is 5.91 Å². The van der Waals surface area contributed by atoms with Crippen LogP contribution in [0.4, 0.5) is 0 Å². The van der Waals surface area contributed by atoms with Crippen molar-refractivity contribution in [2.24, 2.45) is 5.92 Å². The van der Waals surface area contributed by atoms with Crippen molar-refractivity contribution in [3.05, 3.63) is 28.2 Å². The number of ether oxygens (including phenoxy) is 1. The first-order chi connectivity index (χ1) is 10.1. The topological polar surface area (TPSA) is 41.6 Å². The molecule has 2 saturated heterocycles. The Hall–Kier alpha value is -0.970. The largest absolute Gasteiger partial charge is 0.488 e. The van der Waals surface area contributed by atoms with E-state index >= 15 is 0 Å². The number of hydrogen-bond donors (Lipinski definition) is 1. The molecule has 6 heteroatoms. The highest BCUT2D eigenvalue weighted by atomic mass is 35.5. The summed E-state index contributed by atoms with van der Waals surface area (Å²) in [6, 6.07) is 5.25. The Morgan fingerprint density at radius 2 is 2.14 bits per heavy atom.